The molecule has 0 aromatic heterocycles. The van der Waals surface area contributed by atoms with Crippen molar-refractivity contribution in [3.63, 3.8) is 0 Å². The van der Waals surface area contributed by atoms with E-state index in [1.54, 1.807) is 0 Å². The maximum atomic E-state index is 2.65. The zero-order chi connectivity index (χ0) is 10.9. The van der Waals surface area contributed by atoms with Crippen molar-refractivity contribution in [1.29, 1.82) is 0 Å². The first kappa shape index (κ1) is 12.2. The second-order valence-corrected chi connectivity index (χ2v) is 7.57. The van der Waals surface area contributed by atoms with Crippen LogP contribution in [-0.2, 0) is 0 Å². The fourth-order valence-electron chi connectivity index (χ4n) is 3.21. The van der Waals surface area contributed by atoms with E-state index in [9.17, 15) is 0 Å². The molecule has 0 radical (unpaired) electrons. The maximum absolute atomic E-state index is 2.65. The van der Waals surface area contributed by atoms with E-state index in [0.29, 0.717) is 0 Å². The van der Waals surface area contributed by atoms with E-state index < -0.39 is 0 Å². The van der Waals surface area contributed by atoms with Crippen molar-refractivity contribution < 1.29 is 0 Å². The Balaban J connectivity index is 1.86. The fraction of sp³-hybridized carbons (Fsp3) is 1.00. The molecule has 0 amide bonds. The van der Waals surface area contributed by atoms with E-state index in [1.165, 1.54) is 51.6 Å². The van der Waals surface area contributed by atoms with Gasteiger partial charge in [-0.05, 0) is 70.9 Å². The van der Waals surface area contributed by atoms with Crippen molar-refractivity contribution in [1.82, 2.24) is 4.90 Å². The van der Waals surface area contributed by atoms with Gasteiger partial charge in [0.25, 0.3) is 0 Å². The molecule has 1 spiro atoms. The van der Waals surface area contributed by atoms with Crippen molar-refractivity contribution in [3.8, 4) is 0 Å². The van der Waals surface area contributed by atoms with E-state index >= 15 is 0 Å². The number of nitrogens with zero attached hydrogens (tertiary/aromatic N) is 1. The van der Waals surface area contributed by atoms with Gasteiger partial charge in [-0.1, -0.05) is 22.6 Å². The van der Waals surface area contributed by atoms with Gasteiger partial charge in [0.2, 0.25) is 0 Å². The molecule has 1 aliphatic carbocycles. The van der Waals surface area contributed by atoms with Crippen LogP contribution in [0.5, 0.6) is 0 Å². The number of piperidine rings is 1. The summed E-state index contributed by atoms with van der Waals surface area (Å²) in [6, 6.07) is 0.753. The van der Waals surface area contributed by atoms with Crippen LogP contribution in [0.15, 0.2) is 0 Å². The lowest BCUT2D eigenvalue weighted by atomic mass is 9.68. The average Bonchev–Trinajstić information content (AvgIpc) is 2.24. The number of alkyl halides is 1. The Morgan fingerprint density at radius 2 is 1.60 bits per heavy atom. The van der Waals surface area contributed by atoms with Crippen molar-refractivity contribution in [2.45, 2.75) is 62.3 Å². The Hall–Kier alpha value is 0.690. The summed E-state index contributed by atoms with van der Waals surface area (Å²) in [5, 5.41) is 0. The molecular formula is C13H24IN. The van der Waals surface area contributed by atoms with Crippen LogP contribution >= 0.6 is 22.6 Å². The molecule has 0 N–H and O–H groups in total. The summed E-state index contributed by atoms with van der Waals surface area (Å²) in [6.07, 6.45) is 8.90. The van der Waals surface area contributed by atoms with Crippen LogP contribution in [0.4, 0.5) is 0 Å². The number of likely N-dealkylation sites (tertiary alicyclic amines) is 1. The highest BCUT2D eigenvalue weighted by Crippen LogP contribution is 2.46. The van der Waals surface area contributed by atoms with Gasteiger partial charge >= 0.3 is 0 Å². The van der Waals surface area contributed by atoms with Crippen LogP contribution in [0.3, 0.4) is 0 Å². The van der Waals surface area contributed by atoms with Gasteiger partial charge in [-0.2, -0.15) is 0 Å². The van der Waals surface area contributed by atoms with E-state index in [-0.39, 0.29) is 0 Å². The SMILES string of the molecule is CC(C)N1CCC2(CCC(I)CC2)CC1. The Labute approximate surface area is 108 Å². The van der Waals surface area contributed by atoms with Gasteiger partial charge in [0, 0.05) is 9.97 Å². The molecule has 1 saturated heterocycles. The molecule has 1 aliphatic heterocycles. The van der Waals surface area contributed by atoms with Crippen molar-refractivity contribution in [2.75, 3.05) is 13.1 Å². The monoisotopic (exact) mass is 321 g/mol. The lowest BCUT2D eigenvalue weighted by Gasteiger charge is -2.46. The van der Waals surface area contributed by atoms with Crippen LogP contribution in [0.25, 0.3) is 0 Å². The average molecular weight is 321 g/mol. The quantitative estimate of drug-likeness (QED) is 0.524. The molecule has 15 heavy (non-hydrogen) atoms. The Bertz CT molecular complexity index is 197. The third-order valence-electron chi connectivity index (χ3n) is 4.56. The lowest BCUT2D eigenvalue weighted by Crippen LogP contribution is -2.44. The number of hydrogen-bond acceptors (Lipinski definition) is 1. The van der Waals surface area contributed by atoms with Crippen molar-refractivity contribution in [2.24, 2.45) is 5.41 Å². The van der Waals surface area contributed by atoms with Gasteiger partial charge in [0.1, 0.15) is 0 Å². The minimum atomic E-state index is 0.753. The first-order valence-electron chi connectivity index (χ1n) is 6.49. The van der Waals surface area contributed by atoms with E-state index in [2.05, 4.69) is 41.3 Å². The molecular weight excluding hydrogens is 297 g/mol. The second-order valence-electron chi connectivity index (χ2n) is 5.80. The molecule has 1 saturated carbocycles. The van der Waals surface area contributed by atoms with Crippen molar-refractivity contribution in [3.05, 3.63) is 0 Å². The van der Waals surface area contributed by atoms with Crippen LogP contribution in [0.2, 0.25) is 0 Å². The normalized spacial score (nSPS) is 28.8. The van der Waals surface area contributed by atoms with Crippen LogP contribution in [0, 0.1) is 5.41 Å². The minimum Gasteiger partial charge on any atom is -0.301 e. The zero-order valence-electron chi connectivity index (χ0n) is 10.1. The van der Waals surface area contributed by atoms with Crippen LogP contribution in [0.1, 0.15) is 52.4 Å². The van der Waals surface area contributed by atoms with E-state index in [0.717, 1.165) is 15.4 Å². The maximum Gasteiger partial charge on any atom is 0.0110 e. The summed E-state index contributed by atoms with van der Waals surface area (Å²) < 4.78 is 0.969. The number of halogens is 1. The van der Waals surface area contributed by atoms with Gasteiger partial charge in [0.15, 0.2) is 0 Å². The summed E-state index contributed by atoms with van der Waals surface area (Å²) in [5.74, 6) is 0. The van der Waals surface area contributed by atoms with Gasteiger partial charge in [-0.15, -0.1) is 0 Å². The predicted molar refractivity (Wildman–Crippen MR) is 74.7 cm³/mol. The highest BCUT2D eigenvalue weighted by Gasteiger charge is 2.37. The van der Waals surface area contributed by atoms with Crippen LogP contribution in [-0.4, -0.2) is 28.0 Å². The lowest BCUT2D eigenvalue weighted by molar-refractivity contribution is 0.0552. The predicted octanol–water partition coefficient (Wildman–Crippen LogP) is 3.85. The first-order valence-corrected chi connectivity index (χ1v) is 7.74. The van der Waals surface area contributed by atoms with Gasteiger partial charge in [-0.3, -0.25) is 0 Å². The number of rotatable bonds is 1. The summed E-state index contributed by atoms with van der Waals surface area (Å²) in [6.45, 7) is 7.37. The standard InChI is InChI=1S/C13H24IN/c1-11(2)15-9-7-13(8-10-15)5-3-12(14)4-6-13/h11-12H,3-10H2,1-2H3. The number of hydrogen-bond donors (Lipinski definition) is 0. The summed E-state index contributed by atoms with van der Waals surface area (Å²) in [5.41, 5.74) is 0.757. The fourth-order valence-corrected chi connectivity index (χ4v) is 3.83. The molecule has 2 heteroatoms. The molecule has 0 aromatic rings. The molecule has 2 fully saturated rings. The van der Waals surface area contributed by atoms with Gasteiger partial charge in [-0.25, -0.2) is 0 Å². The highest BCUT2D eigenvalue weighted by atomic mass is 127. The third-order valence-corrected chi connectivity index (χ3v) is 5.81. The van der Waals surface area contributed by atoms with E-state index in [1.807, 2.05) is 0 Å². The Kier molecular flexibility index (Phi) is 3.98. The Morgan fingerprint density at radius 3 is 2.07 bits per heavy atom. The zero-order valence-corrected chi connectivity index (χ0v) is 12.3. The van der Waals surface area contributed by atoms with Gasteiger partial charge in [0.05, 0.1) is 0 Å². The first-order chi connectivity index (χ1) is 7.11. The molecule has 88 valence electrons. The Morgan fingerprint density at radius 1 is 1.07 bits per heavy atom. The van der Waals surface area contributed by atoms with Gasteiger partial charge < -0.3 is 4.90 Å². The third kappa shape index (κ3) is 2.87. The topological polar surface area (TPSA) is 3.24 Å². The molecule has 1 nitrogen and oxygen atoms in total. The van der Waals surface area contributed by atoms with Crippen LogP contribution < -0.4 is 0 Å². The molecule has 2 rings (SSSR count). The summed E-state index contributed by atoms with van der Waals surface area (Å²) in [4.78, 5) is 2.65. The van der Waals surface area contributed by atoms with Crippen molar-refractivity contribution >= 4 is 22.6 Å². The largest absolute Gasteiger partial charge is 0.301 e. The molecule has 2 aliphatic rings. The molecule has 0 aromatic carbocycles. The second kappa shape index (κ2) is 4.91. The summed E-state index contributed by atoms with van der Waals surface area (Å²) >= 11 is 2.64. The smallest absolute Gasteiger partial charge is 0.0110 e. The molecule has 0 unspecified atom stereocenters. The van der Waals surface area contributed by atoms with E-state index in [4.69, 9.17) is 0 Å². The molecule has 0 bridgehead atoms. The molecule has 0 atom stereocenters. The summed E-state index contributed by atoms with van der Waals surface area (Å²) in [7, 11) is 0. The molecule has 1 heterocycles. The highest BCUT2D eigenvalue weighted by molar-refractivity contribution is 14.1. The minimum absolute atomic E-state index is 0.753.